The maximum absolute atomic E-state index is 12.4. The van der Waals surface area contributed by atoms with Gasteiger partial charge in [0.15, 0.2) is 0 Å². The summed E-state index contributed by atoms with van der Waals surface area (Å²) in [4.78, 5) is 16.4. The minimum absolute atomic E-state index is 0.0748. The zero-order chi connectivity index (χ0) is 16.2. The molecule has 1 aromatic heterocycles. The van der Waals surface area contributed by atoms with Crippen molar-refractivity contribution in [2.45, 2.75) is 51.5 Å². The fourth-order valence-electron chi connectivity index (χ4n) is 3.26. The summed E-state index contributed by atoms with van der Waals surface area (Å²) in [5.74, 6) is 0.583. The Morgan fingerprint density at radius 2 is 2.22 bits per heavy atom. The lowest BCUT2D eigenvalue weighted by atomic mass is 9.85. The lowest BCUT2D eigenvalue weighted by Crippen LogP contribution is -2.32. The highest BCUT2D eigenvalue weighted by atomic mass is 16.1. The Morgan fingerprint density at radius 1 is 1.35 bits per heavy atom. The average molecular weight is 308 g/mol. The van der Waals surface area contributed by atoms with Gasteiger partial charge in [-0.2, -0.15) is 0 Å². The molecule has 0 unspecified atom stereocenters. The molecular weight excluding hydrogens is 284 g/mol. The fraction of sp³-hybridized carbons (Fsp3) is 0.400. The number of hydrogen-bond donors (Lipinski definition) is 1. The Labute approximate surface area is 138 Å². The number of pyridine rings is 1. The molecule has 1 aliphatic carbocycles. The SMILES string of the molecule is CC(C)c1ccc2c(c1)[C@H](NC(=O)Cc1cccnc1)CCC2. The number of amides is 1. The lowest BCUT2D eigenvalue weighted by Gasteiger charge is -2.27. The van der Waals surface area contributed by atoms with Crippen molar-refractivity contribution >= 4 is 5.91 Å². The molecule has 0 radical (unpaired) electrons. The van der Waals surface area contributed by atoms with E-state index in [0.717, 1.165) is 24.8 Å². The number of carbonyl (C=O) groups is 1. The van der Waals surface area contributed by atoms with Crippen LogP contribution in [0.4, 0.5) is 0 Å². The number of benzene rings is 1. The van der Waals surface area contributed by atoms with E-state index >= 15 is 0 Å². The van der Waals surface area contributed by atoms with Gasteiger partial charge in [-0.25, -0.2) is 0 Å². The smallest absolute Gasteiger partial charge is 0.224 e. The van der Waals surface area contributed by atoms with Gasteiger partial charge in [-0.1, -0.05) is 38.1 Å². The van der Waals surface area contributed by atoms with Crippen molar-refractivity contribution < 1.29 is 4.79 Å². The number of aromatic nitrogens is 1. The molecule has 0 fully saturated rings. The number of fused-ring (bicyclic) bond motifs is 1. The van der Waals surface area contributed by atoms with Crippen LogP contribution in [0.1, 0.15) is 60.9 Å². The Hall–Kier alpha value is -2.16. The molecule has 1 aromatic carbocycles. The Bertz CT molecular complexity index is 679. The average Bonchev–Trinajstić information content (AvgIpc) is 2.55. The Morgan fingerprint density at radius 3 is 2.96 bits per heavy atom. The van der Waals surface area contributed by atoms with E-state index in [1.165, 1.54) is 16.7 Å². The highest BCUT2D eigenvalue weighted by Crippen LogP contribution is 2.32. The predicted octanol–water partition coefficient (Wildman–Crippen LogP) is 3.94. The maximum Gasteiger partial charge on any atom is 0.224 e. The Balaban J connectivity index is 1.74. The van der Waals surface area contributed by atoms with Crippen molar-refractivity contribution in [2.24, 2.45) is 0 Å². The first-order chi connectivity index (χ1) is 11.1. The zero-order valence-electron chi connectivity index (χ0n) is 13.9. The Kier molecular flexibility index (Phi) is 4.75. The van der Waals surface area contributed by atoms with Gasteiger partial charge < -0.3 is 5.32 Å². The van der Waals surface area contributed by atoms with Crippen molar-refractivity contribution in [2.75, 3.05) is 0 Å². The number of rotatable bonds is 4. The summed E-state index contributed by atoms with van der Waals surface area (Å²) in [6.45, 7) is 4.42. The van der Waals surface area contributed by atoms with E-state index in [4.69, 9.17) is 0 Å². The molecule has 2 aromatic rings. The molecule has 0 saturated heterocycles. The predicted molar refractivity (Wildman–Crippen MR) is 92.3 cm³/mol. The van der Waals surface area contributed by atoms with E-state index < -0.39 is 0 Å². The van der Waals surface area contributed by atoms with Gasteiger partial charge in [0.2, 0.25) is 5.91 Å². The van der Waals surface area contributed by atoms with Gasteiger partial charge >= 0.3 is 0 Å². The third-order valence-electron chi connectivity index (χ3n) is 4.57. The highest BCUT2D eigenvalue weighted by Gasteiger charge is 2.22. The molecule has 23 heavy (non-hydrogen) atoms. The summed E-state index contributed by atoms with van der Waals surface area (Å²) >= 11 is 0. The van der Waals surface area contributed by atoms with E-state index in [0.29, 0.717) is 12.3 Å². The summed E-state index contributed by atoms with van der Waals surface area (Å²) in [5.41, 5.74) is 4.99. The van der Waals surface area contributed by atoms with Crippen LogP contribution in [0.5, 0.6) is 0 Å². The maximum atomic E-state index is 12.4. The topological polar surface area (TPSA) is 42.0 Å². The third kappa shape index (κ3) is 3.79. The molecule has 3 nitrogen and oxygen atoms in total. The minimum Gasteiger partial charge on any atom is -0.349 e. The van der Waals surface area contributed by atoms with Gasteiger partial charge in [0, 0.05) is 12.4 Å². The van der Waals surface area contributed by atoms with Gasteiger partial charge in [0.05, 0.1) is 12.5 Å². The van der Waals surface area contributed by atoms with Crippen LogP contribution in [0.15, 0.2) is 42.7 Å². The van der Waals surface area contributed by atoms with Crippen molar-refractivity contribution in [3.8, 4) is 0 Å². The van der Waals surface area contributed by atoms with E-state index in [-0.39, 0.29) is 11.9 Å². The van der Waals surface area contributed by atoms with Crippen LogP contribution >= 0.6 is 0 Å². The summed E-state index contributed by atoms with van der Waals surface area (Å²) in [6.07, 6.45) is 7.14. The van der Waals surface area contributed by atoms with Crippen LogP contribution in [0.3, 0.4) is 0 Å². The normalized spacial score (nSPS) is 16.9. The van der Waals surface area contributed by atoms with Crippen molar-refractivity contribution in [3.05, 3.63) is 65.0 Å². The summed E-state index contributed by atoms with van der Waals surface area (Å²) < 4.78 is 0. The van der Waals surface area contributed by atoms with Crippen LogP contribution in [-0.2, 0) is 17.6 Å². The van der Waals surface area contributed by atoms with Gasteiger partial charge in [-0.15, -0.1) is 0 Å². The van der Waals surface area contributed by atoms with Crippen molar-refractivity contribution in [1.29, 1.82) is 0 Å². The van der Waals surface area contributed by atoms with Crippen molar-refractivity contribution in [3.63, 3.8) is 0 Å². The molecule has 3 rings (SSSR count). The standard InChI is InChI=1S/C20H24N2O/c1-14(2)17-9-8-16-6-3-7-19(18(16)12-17)22-20(23)11-15-5-4-10-21-13-15/h4-5,8-10,12-14,19H,3,6-7,11H2,1-2H3,(H,22,23)/t19-/m1/s1. The number of hydrogen-bond acceptors (Lipinski definition) is 2. The molecule has 0 spiro atoms. The molecule has 3 heteroatoms. The first kappa shape index (κ1) is 15.7. The van der Waals surface area contributed by atoms with Gasteiger partial charge in [-0.3, -0.25) is 9.78 Å². The summed E-state index contributed by atoms with van der Waals surface area (Å²) in [5, 5.41) is 3.22. The molecule has 120 valence electrons. The van der Waals surface area contributed by atoms with Crippen LogP contribution in [-0.4, -0.2) is 10.9 Å². The second-order valence-electron chi connectivity index (χ2n) is 6.66. The first-order valence-electron chi connectivity index (χ1n) is 8.44. The largest absolute Gasteiger partial charge is 0.349 e. The molecule has 1 heterocycles. The molecule has 1 N–H and O–H groups in total. The monoisotopic (exact) mass is 308 g/mol. The minimum atomic E-state index is 0.0748. The lowest BCUT2D eigenvalue weighted by molar-refractivity contribution is -0.121. The summed E-state index contributed by atoms with van der Waals surface area (Å²) in [7, 11) is 0. The fourth-order valence-corrected chi connectivity index (χ4v) is 3.26. The van der Waals surface area contributed by atoms with E-state index in [1.54, 1.807) is 12.4 Å². The van der Waals surface area contributed by atoms with Gasteiger partial charge in [0.25, 0.3) is 0 Å². The summed E-state index contributed by atoms with van der Waals surface area (Å²) in [6, 6.07) is 10.7. The first-order valence-corrected chi connectivity index (χ1v) is 8.44. The number of aryl methyl sites for hydroxylation is 1. The van der Waals surface area contributed by atoms with E-state index in [9.17, 15) is 4.79 Å². The van der Waals surface area contributed by atoms with Crippen LogP contribution < -0.4 is 5.32 Å². The molecule has 1 amide bonds. The number of nitrogens with zero attached hydrogens (tertiary/aromatic N) is 1. The molecule has 0 saturated carbocycles. The molecule has 1 atom stereocenters. The highest BCUT2D eigenvalue weighted by molar-refractivity contribution is 5.79. The van der Waals surface area contributed by atoms with E-state index in [1.807, 2.05) is 12.1 Å². The zero-order valence-corrected chi connectivity index (χ0v) is 13.9. The van der Waals surface area contributed by atoms with E-state index in [2.05, 4.69) is 42.3 Å². The number of nitrogens with one attached hydrogen (secondary N) is 1. The van der Waals surface area contributed by atoms with Crippen LogP contribution in [0, 0.1) is 0 Å². The van der Waals surface area contributed by atoms with Crippen LogP contribution in [0.25, 0.3) is 0 Å². The van der Waals surface area contributed by atoms with Crippen LogP contribution in [0.2, 0.25) is 0 Å². The third-order valence-corrected chi connectivity index (χ3v) is 4.57. The molecule has 0 aliphatic heterocycles. The number of carbonyl (C=O) groups excluding carboxylic acids is 1. The molecule has 0 bridgehead atoms. The van der Waals surface area contributed by atoms with Gasteiger partial charge in [0.1, 0.15) is 0 Å². The van der Waals surface area contributed by atoms with Gasteiger partial charge in [-0.05, 0) is 53.5 Å². The second kappa shape index (κ2) is 6.95. The molecule has 1 aliphatic rings. The quantitative estimate of drug-likeness (QED) is 0.929. The molecular formula is C20H24N2O. The van der Waals surface area contributed by atoms with Crippen molar-refractivity contribution in [1.82, 2.24) is 10.3 Å². The second-order valence-corrected chi connectivity index (χ2v) is 6.66.